The normalized spacial score (nSPS) is 11.6. The Morgan fingerprint density at radius 2 is 1.68 bits per heavy atom. The number of alkyl halides is 3. The van der Waals surface area contributed by atoms with Gasteiger partial charge in [-0.3, -0.25) is 9.52 Å². The van der Waals surface area contributed by atoms with Gasteiger partial charge in [0.25, 0.3) is 10.0 Å². The third kappa shape index (κ3) is 6.95. The standard InChI is InChI=1S/C23H21F3N2O5S/c1-2-32-22(29)14-5-16-3-10-19(11-4-16)33-21-13-12-20(15-27-21)34(30,31)28-18-8-6-17(7-9-18)23(24,25)26/h3-4,6-13,15,28H,2,5,14H2,1H3. The topological polar surface area (TPSA) is 94.6 Å². The number of carbonyl (C=O) groups excluding carboxylic acids is 1. The van der Waals surface area contributed by atoms with Crippen LogP contribution in [0.4, 0.5) is 18.9 Å². The Hall–Kier alpha value is -3.60. The number of aromatic nitrogens is 1. The molecule has 34 heavy (non-hydrogen) atoms. The number of nitrogens with zero attached hydrogens (tertiary/aromatic N) is 1. The van der Waals surface area contributed by atoms with Crippen LogP contribution in [0.15, 0.2) is 71.8 Å². The van der Waals surface area contributed by atoms with Crippen molar-refractivity contribution in [1.29, 1.82) is 0 Å². The van der Waals surface area contributed by atoms with Gasteiger partial charge in [-0.1, -0.05) is 12.1 Å². The summed E-state index contributed by atoms with van der Waals surface area (Å²) >= 11 is 0. The Morgan fingerprint density at radius 3 is 2.24 bits per heavy atom. The van der Waals surface area contributed by atoms with E-state index in [4.69, 9.17) is 9.47 Å². The number of benzene rings is 2. The Balaban J connectivity index is 1.60. The lowest BCUT2D eigenvalue weighted by atomic mass is 10.1. The molecule has 180 valence electrons. The molecule has 0 aliphatic rings. The summed E-state index contributed by atoms with van der Waals surface area (Å²) in [4.78, 5) is 15.2. The lowest BCUT2D eigenvalue weighted by Gasteiger charge is -2.11. The van der Waals surface area contributed by atoms with Gasteiger partial charge in [0.15, 0.2) is 0 Å². The third-order valence-corrected chi connectivity index (χ3v) is 5.92. The minimum Gasteiger partial charge on any atom is -0.466 e. The van der Waals surface area contributed by atoms with Crippen LogP contribution in [-0.4, -0.2) is 26.0 Å². The number of esters is 1. The van der Waals surface area contributed by atoms with E-state index < -0.39 is 21.8 Å². The van der Waals surface area contributed by atoms with Crippen molar-refractivity contribution in [3.05, 3.63) is 78.0 Å². The number of sulfonamides is 1. The fourth-order valence-electron chi connectivity index (χ4n) is 2.85. The molecule has 0 atom stereocenters. The van der Waals surface area contributed by atoms with Crippen LogP contribution < -0.4 is 9.46 Å². The SMILES string of the molecule is CCOC(=O)CCc1ccc(Oc2ccc(S(=O)(=O)Nc3ccc(C(F)(F)F)cc3)cn2)cc1. The zero-order chi connectivity index (χ0) is 24.8. The van der Waals surface area contributed by atoms with E-state index in [0.717, 1.165) is 36.0 Å². The number of rotatable bonds is 9. The van der Waals surface area contributed by atoms with Crippen LogP contribution in [0.3, 0.4) is 0 Å². The minimum absolute atomic E-state index is 0.0172. The number of anilines is 1. The fraction of sp³-hybridized carbons (Fsp3) is 0.217. The average Bonchev–Trinajstić information content (AvgIpc) is 2.79. The molecule has 1 N–H and O–H groups in total. The van der Waals surface area contributed by atoms with Crippen molar-refractivity contribution in [2.75, 3.05) is 11.3 Å². The average molecular weight is 494 g/mol. The maximum atomic E-state index is 12.7. The lowest BCUT2D eigenvalue weighted by Crippen LogP contribution is -2.13. The van der Waals surface area contributed by atoms with Gasteiger partial charge in [0.1, 0.15) is 10.6 Å². The van der Waals surface area contributed by atoms with Gasteiger partial charge in [-0.2, -0.15) is 13.2 Å². The van der Waals surface area contributed by atoms with Crippen molar-refractivity contribution >= 4 is 21.7 Å². The number of pyridine rings is 1. The molecule has 0 fully saturated rings. The van der Waals surface area contributed by atoms with Crippen molar-refractivity contribution < 1.29 is 35.9 Å². The molecule has 7 nitrogen and oxygen atoms in total. The number of nitrogens with one attached hydrogen (secondary N) is 1. The van der Waals surface area contributed by atoms with Gasteiger partial charge in [-0.15, -0.1) is 0 Å². The summed E-state index contributed by atoms with van der Waals surface area (Å²) in [7, 11) is -4.06. The Bertz CT molecular complexity index is 1210. The fourth-order valence-corrected chi connectivity index (χ4v) is 3.85. The summed E-state index contributed by atoms with van der Waals surface area (Å²) in [5.74, 6) is 0.341. The largest absolute Gasteiger partial charge is 0.466 e. The Kier molecular flexibility index (Phi) is 7.77. The molecular weight excluding hydrogens is 473 g/mol. The van der Waals surface area contributed by atoms with Crippen molar-refractivity contribution in [3.63, 3.8) is 0 Å². The molecule has 1 heterocycles. The predicted octanol–water partition coefficient (Wildman–Crippen LogP) is 5.19. The molecule has 3 rings (SSSR count). The number of ether oxygens (including phenoxy) is 2. The van der Waals surface area contributed by atoms with E-state index in [-0.39, 0.29) is 28.9 Å². The van der Waals surface area contributed by atoms with Crippen molar-refractivity contribution in [3.8, 4) is 11.6 Å². The lowest BCUT2D eigenvalue weighted by molar-refractivity contribution is -0.143. The highest BCUT2D eigenvalue weighted by Crippen LogP contribution is 2.30. The molecule has 0 aliphatic heterocycles. The molecule has 3 aromatic rings. The first kappa shape index (κ1) is 25.0. The first-order valence-corrected chi connectivity index (χ1v) is 11.6. The van der Waals surface area contributed by atoms with Gasteiger partial charge in [0.2, 0.25) is 5.88 Å². The van der Waals surface area contributed by atoms with Gasteiger partial charge in [-0.05, 0) is 61.4 Å². The molecular formula is C23H21F3N2O5S. The van der Waals surface area contributed by atoms with Crippen LogP contribution in [0.1, 0.15) is 24.5 Å². The zero-order valence-electron chi connectivity index (χ0n) is 18.0. The molecule has 0 saturated heterocycles. The van der Waals surface area contributed by atoms with Crippen LogP contribution in [0, 0.1) is 0 Å². The highest BCUT2D eigenvalue weighted by atomic mass is 32.2. The summed E-state index contributed by atoms with van der Waals surface area (Å²) in [6.07, 6.45) is -2.64. The molecule has 0 saturated carbocycles. The van der Waals surface area contributed by atoms with Crippen LogP contribution in [-0.2, 0) is 32.2 Å². The zero-order valence-corrected chi connectivity index (χ0v) is 18.8. The van der Waals surface area contributed by atoms with Gasteiger partial charge in [-0.25, -0.2) is 13.4 Å². The molecule has 0 radical (unpaired) electrons. The smallest absolute Gasteiger partial charge is 0.416 e. The van der Waals surface area contributed by atoms with E-state index in [1.807, 2.05) is 0 Å². The molecule has 1 aromatic heterocycles. The Labute approximate surface area is 194 Å². The summed E-state index contributed by atoms with van der Waals surface area (Å²) in [6, 6.07) is 13.2. The second kappa shape index (κ2) is 10.6. The summed E-state index contributed by atoms with van der Waals surface area (Å²) in [5.41, 5.74) is 0.0196. The number of hydrogen-bond donors (Lipinski definition) is 1. The maximum absolute atomic E-state index is 12.7. The molecule has 0 amide bonds. The van der Waals surface area contributed by atoms with Crippen molar-refractivity contribution in [1.82, 2.24) is 4.98 Å². The van der Waals surface area contributed by atoms with Crippen LogP contribution >= 0.6 is 0 Å². The van der Waals surface area contributed by atoms with Crippen LogP contribution in [0.5, 0.6) is 11.6 Å². The maximum Gasteiger partial charge on any atom is 0.416 e. The monoisotopic (exact) mass is 494 g/mol. The quantitative estimate of drug-likeness (QED) is 0.412. The van der Waals surface area contributed by atoms with E-state index in [9.17, 15) is 26.4 Å². The predicted molar refractivity (Wildman–Crippen MR) is 118 cm³/mol. The highest BCUT2D eigenvalue weighted by molar-refractivity contribution is 7.92. The number of aryl methyl sites for hydroxylation is 1. The van der Waals surface area contributed by atoms with E-state index in [1.54, 1.807) is 31.2 Å². The third-order valence-electron chi connectivity index (χ3n) is 4.55. The van der Waals surface area contributed by atoms with Crippen LogP contribution in [0.2, 0.25) is 0 Å². The summed E-state index contributed by atoms with van der Waals surface area (Å²) in [6.45, 7) is 2.08. The van der Waals surface area contributed by atoms with Gasteiger partial charge >= 0.3 is 12.1 Å². The van der Waals surface area contributed by atoms with Gasteiger partial charge in [0, 0.05) is 18.2 Å². The van der Waals surface area contributed by atoms with Gasteiger partial charge in [0.05, 0.1) is 18.4 Å². The van der Waals surface area contributed by atoms with Gasteiger partial charge < -0.3 is 9.47 Å². The highest BCUT2D eigenvalue weighted by Gasteiger charge is 2.30. The Morgan fingerprint density at radius 1 is 1.00 bits per heavy atom. The first-order chi connectivity index (χ1) is 16.1. The second-order valence-electron chi connectivity index (χ2n) is 7.06. The number of hydrogen-bond acceptors (Lipinski definition) is 6. The molecule has 0 aliphatic carbocycles. The molecule has 11 heteroatoms. The van der Waals surface area contributed by atoms with Crippen LogP contribution in [0.25, 0.3) is 0 Å². The summed E-state index contributed by atoms with van der Waals surface area (Å²) in [5, 5.41) is 0. The first-order valence-electron chi connectivity index (χ1n) is 10.2. The minimum atomic E-state index is -4.51. The van der Waals surface area contributed by atoms with E-state index in [2.05, 4.69) is 9.71 Å². The van der Waals surface area contributed by atoms with E-state index >= 15 is 0 Å². The molecule has 0 unspecified atom stereocenters. The van der Waals surface area contributed by atoms with Crippen molar-refractivity contribution in [2.24, 2.45) is 0 Å². The number of carbonyl (C=O) groups is 1. The van der Waals surface area contributed by atoms with Crippen molar-refractivity contribution in [2.45, 2.75) is 30.8 Å². The summed E-state index contributed by atoms with van der Waals surface area (Å²) < 4.78 is 75.6. The van der Waals surface area contributed by atoms with E-state index in [0.29, 0.717) is 18.8 Å². The second-order valence-corrected chi connectivity index (χ2v) is 8.75. The molecule has 0 bridgehead atoms. The van der Waals surface area contributed by atoms with E-state index in [1.165, 1.54) is 12.1 Å². The molecule has 2 aromatic carbocycles. The molecule has 0 spiro atoms. The number of halogens is 3.